The lowest BCUT2D eigenvalue weighted by atomic mass is 9.48. The molecule has 1 heterocycles. The SMILES string of the molecule is CC1(C)[C@@H]2C[C@H]1C(/C=C/c1ccc(-n3cccc3)cc1)=CC2=O. The van der Waals surface area contributed by atoms with Crippen molar-refractivity contribution in [3.05, 3.63) is 72.1 Å². The van der Waals surface area contributed by atoms with Crippen molar-refractivity contribution in [2.24, 2.45) is 17.3 Å². The summed E-state index contributed by atoms with van der Waals surface area (Å²) >= 11 is 0. The number of carbonyl (C=O) groups excluding carboxylic acids is 1. The first-order valence-electron chi connectivity index (χ1n) is 8.22. The second-order valence-electron chi connectivity index (χ2n) is 7.22. The molecule has 1 fully saturated rings. The van der Waals surface area contributed by atoms with Crippen LogP contribution < -0.4 is 0 Å². The molecule has 2 nitrogen and oxygen atoms in total. The van der Waals surface area contributed by atoms with Gasteiger partial charge in [0.2, 0.25) is 0 Å². The van der Waals surface area contributed by atoms with E-state index in [4.69, 9.17) is 0 Å². The molecular formula is C21H21NO. The maximum absolute atomic E-state index is 12.1. The van der Waals surface area contributed by atoms with Gasteiger partial charge in [-0.3, -0.25) is 4.79 Å². The van der Waals surface area contributed by atoms with Crippen LogP contribution in [0.3, 0.4) is 0 Å². The van der Waals surface area contributed by atoms with E-state index in [1.807, 2.05) is 30.6 Å². The first-order chi connectivity index (χ1) is 11.1. The molecule has 1 aromatic heterocycles. The number of nitrogens with zero attached hydrogens (tertiary/aromatic N) is 1. The summed E-state index contributed by atoms with van der Waals surface area (Å²) in [6.45, 7) is 4.44. The number of ketones is 1. The van der Waals surface area contributed by atoms with Crippen molar-refractivity contribution >= 4 is 11.9 Å². The molecule has 3 aliphatic rings. The molecule has 0 aliphatic heterocycles. The van der Waals surface area contributed by atoms with Gasteiger partial charge in [0.05, 0.1) is 0 Å². The van der Waals surface area contributed by atoms with Crippen LogP contribution >= 0.6 is 0 Å². The largest absolute Gasteiger partial charge is 0.324 e. The van der Waals surface area contributed by atoms with E-state index in [0.717, 1.165) is 17.7 Å². The Labute approximate surface area is 137 Å². The Bertz CT molecular complexity index is 791. The Morgan fingerprint density at radius 1 is 1.04 bits per heavy atom. The predicted molar refractivity (Wildman–Crippen MR) is 93.3 cm³/mol. The van der Waals surface area contributed by atoms with Crippen molar-refractivity contribution < 1.29 is 4.79 Å². The van der Waals surface area contributed by atoms with E-state index in [9.17, 15) is 4.79 Å². The summed E-state index contributed by atoms with van der Waals surface area (Å²) in [6.07, 6.45) is 11.2. The van der Waals surface area contributed by atoms with E-state index in [1.54, 1.807) is 0 Å². The smallest absolute Gasteiger partial charge is 0.159 e. The fourth-order valence-electron chi connectivity index (χ4n) is 3.96. The van der Waals surface area contributed by atoms with Crippen LogP contribution in [-0.2, 0) is 4.79 Å². The molecular weight excluding hydrogens is 282 g/mol. The first-order valence-corrected chi connectivity index (χ1v) is 8.22. The number of rotatable bonds is 3. The molecule has 2 bridgehead atoms. The number of allylic oxidation sites excluding steroid dienone is 3. The molecule has 0 unspecified atom stereocenters. The number of benzene rings is 1. The number of hydrogen-bond donors (Lipinski definition) is 0. The van der Waals surface area contributed by atoms with Crippen molar-refractivity contribution in [1.29, 1.82) is 0 Å². The van der Waals surface area contributed by atoms with Crippen LogP contribution in [-0.4, -0.2) is 10.4 Å². The van der Waals surface area contributed by atoms with Gasteiger partial charge in [-0.2, -0.15) is 0 Å². The third-order valence-corrected chi connectivity index (χ3v) is 5.59. The molecule has 0 saturated heterocycles. The van der Waals surface area contributed by atoms with E-state index < -0.39 is 0 Å². The van der Waals surface area contributed by atoms with Gasteiger partial charge in [0, 0.05) is 24.0 Å². The fraction of sp³-hybridized carbons (Fsp3) is 0.286. The Morgan fingerprint density at radius 2 is 1.74 bits per heavy atom. The van der Waals surface area contributed by atoms with Gasteiger partial charge in [-0.1, -0.05) is 38.1 Å². The standard InChI is InChI=1S/C21H21NO/c1-21(2)18-14-19(21)20(23)13-16(18)8-5-15-6-9-17(10-7-15)22-11-3-4-12-22/h3-13,18-19H,14H2,1-2H3/b8-5+/t18-,19+/m0/s1. The highest BCUT2D eigenvalue weighted by Crippen LogP contribution is 2.58. The summed E-state index contributed by atoms with van der Waals surface area (Å²) in [4.78, 5) is 12.1. The summed E-state index contributed by atoms with van der Waals surface area (Å²) in [5.74, 6) is 1.08. The maximum atomic E-state index is 12.1. The number of carbonyl (C=O) groups is 1. The zero-order chi connectivity index (χ0) is 16.0. The molecule has 2 heteroatoms. The normalized spacial score (nSPS) is 25.3. The molecule has 0 N–H and O–H groups in total. The van der Waals surface area contributed by atoms with Crippen molar-refractivity contribution in [2.75, 3.05) is 0 Å². The lowest BCUT2D eigenvalue weighted by molar-refractivity contribution is -0.133. The van der Waals surface area contributed by atoms with Crippen molar-refractivity contribution in [2.45, 2.75) is 20.3 Å². The number of fused-ring (bicyclic) bond motifs is 1. The Hall–Kier alpha value is -2.35. The highest BCUT2D eigenvalue weighted by atomic mass is 16.1. The summed E-state index contributed by atoms with van der Waals surface area (Å²) in [5, 5.41) is 0. The van der Waals surface area contributed by atoms with Crippen LogP contribution in [0, 0.1) is 17.3 Å². The highest BCUT2D eigenvalue weighted by Gasteiger charge is 2.54. The summed E-state index contributed by atoms with van der Waals surface area (Å²) in [5.41, 5.74) is 3.64. The number of aromatic nitrogens is 1. The van der Waals surface area contributed by atoms with E-state index in [1.165, 1.54) is 5.57 Å². The third kappa shape index (κ3) is 2.29. The fourth-order valence-corrected chi connectivity index (χ4v) is 3.96. The Morgan fingerprint density at radius 3 is 2.35 bits per heavy atom. The van der Waals surface area contributed by atoms with Crippen LogP contribution in [0.4, 0.5) is 0 Å². The van der Waals surface area contributed by atoms with Gasteiger partial charge >= 0.3 is 0 Å². The van der Waals surface area contributed by atoms with Gasteiger partial charge in [0.15, 0.2) is 5.78 Å². The second-order valence-corrected chi connectivity index (χ2v) is 7.22. The molecule has 0 amide bonds. The van der Waals surface area contributed by atoms with Crippen LogP contribution in [0.2, 0.25) is 0 Å². The zero-order valence-electron chi connectivity index (χ0n) is 13.6. The summed E-state index contributed by atoms with van der Waals surface area (Å²) < 4.78 is 2.09. The molecule has 3 aliphatic carbocycles. The van der Waals surface area contributed by atoms with Gasteiger partial charge in [-0.25, -0.2) is 0 Å². The molecule has 0 spiro atoms. The average Bonchev–Trinajstić information content (AvgIpc) is 3.07. The lowest BCUT2D eigenvalue weighted by Crippen LogP contribution is -2.52. The Balaban J connectivity index is 1.54. The maximum Gasteiger partial charge on any atom is 0.159 e. The van der Waals surface area contributed by atoms with Gasteiger partial charge in [-0.05, 0) is 59.2 Å². The highest BCUT2D eigenvalue weighted by molar-refractivity contribution is 5.96. The van der Waals surface area contributed by atoms with E-state index in [-0.39, 0.29) is 11.3 Å². The first kappa shape index (κ1) is 14.3. The summed E-state index contributed by atoms with van der Waals surface area (Å²) in [6, 6.07) is 12.5. The minimum Gasteiger partial charge on any atom is -0.324 e. The van der Waals surface area contributed by atoms with Crippen LogP contribution in [0.25, 0.3) is 11.8 Å². The molecule has 23 heavy (non-hydrogen) atoms. The van der Waals surface area contributed by atoms with Gasteiger partial charge in [0.1, 0.15) is 0 Å². The molecule has 1 aromatic carbocycles. The molecule has 2 aromatic rings. The molecule has 2 atom stereocenters. The van der Waals surface area contributed by atoms with Crippen molar-refractivity contribution in [3.63, 3.8) is 0 Å². The van der Waals surface area contributed by atoms with Crippen LogP contribution in [0.15, 0.2) is 66.5 Å². The number of hydrogen-bond acceptors (Lipinski definition) is 1. The third-order valence-electron chi connectivity index (χ3n) is 5.59. The van der Waals surface area contributed by atoms with Crippen molar-refractivity contribution in [1.82, 2.24) is 4.57 Å². The van der Waals surface area contributed by atoms with E-state index >= 15 is 0 Å². The quantitative estimate of drug-likeness (QED) is 0.808. The van der Waals surface area contributed by atoms with E-state index in [0.29, 0.717) is 11.7 Å². The van der Waals surface area contributed by atoms with Crippen LogP contribution in [0.5, 0.6) is 0 Å². The van der Waals surface area contributed by atoms with Gasteiger partial charge in [0.25, 0.3) is 0 Å². The molecule has 5 rings (SSSR count). The topological polar surface area (TPSA) is 22.0 Å². The monoisotopic (exact) mass is 303 g/mol. The average molecular weight is 303 g/mol. The molecule has 116 valence electrons. The predicted octanol–water partition coefficient (Wildman–Crippen LogP) is 4.66. The zero-order valence-corrected chi connectivity index (χ0v) is 13.6. The minimum atomic E-state index is 0.129. The molecule has 0 radical (unpaired) electrons. The minimum absolute atomic E-state index is 0.129. The Kier molecular flexibility index (Phi) is 3.15. The van der Waals surface area contributed by atoms with Gasteiger partial charge in [-0.15, -0.1) is 0 Å². The molecule has 1 saturated carbocycles. The van der Waals surface area contributed by atoms with E-state index in [2.05, 4.69) is 54.8 Å². The van der Waals surface area contributed by atoms with Gasteiger partial charge < -0.3 is 4.57 Å². The lowest BCUT2D eigenvalue weighted by Gasteiger charge is -2.54. The van der Waals surface area contributed by atoms with Crippen LogP contribution in [0.1, 0.15) is 25.8 Å². The second kappa shape index (κ2) is 5.09. The summed E-state index contributed by atoms with van der Waals surface area (Å²) in [7, 11) is 0. The van der Waals surface area contributed by atoms with Crippen molar-refractivity contribution in [3.8, 4) is 5.69 Å².